The first-order chi connectivity index (χ1) is 13.5. The summed E-state index contributed by atoms with van der Waals surface area (Å²) in [6.45, 7) is 7.24. The Bertz CT molecular complexity index is 908. The Labute approximate surface area is 167 Å². The highest BCUT2D eigenvalue weighted by atomic mass is 19.4. The third kappa shape index (κ3) is 3.82. The van der Waals surface area contributed by atoms with E-state index in [1.807, 2.05) is 13.8 Å². The molecule has 29 heavy (non-hydrogen) atoms. The summed E-state index contributed by atoms with van der Waals surface area (Å²) >= 11 is 0. The number of ether oxygens (including phenoxy) is 1. The zero-order valence-electron chi connectivity index (χ0n) is 16.9. The molecule has 2 aliphatic rings. The molecule has 0 spiro atoms. The molecular weight excluding hydrogens is 383 g/mol. The predicted octanol–water partition coefficient (Wildman–Crippen LogP) is 4.87. The van der Waals surface area contributed by atoms with Crippen molar-refractivity contribution >= 4 is 11.8 Å². The van der Waals surface area contributed by atoms with E-state index in [1.165, 1.54) is 12.1 Å². The normalized spacial score (nSPS) is 21.6. The van der Waals surface area contributed by atoms with Crippen molar-refractivity contribution in [2.45, 2.75) is 52.6 Å². The lowest BCUT2D eigenvalue weighted by atomic mass is 9.67. The van der Waals surface area contributed by atoms with Gasteiger partial charge in [0.25, 0.3) is 0 Å². The van der Waals surface area contributed by atoms with Crippen LogP contribution in [0, 0.1) is 5.41 Å². The summed E-state index contributed by atoms with van der Waals surface area (Å²) in [5.74, 6) is -1.45. The summed E-state index contributed by atoms with van der Waals surface area (Å²) in [7, 11) is 0. The molecule has 1 aliphatic heterocycles. The van der Waals surface area contributed by atoms with Crippen molar-refractivity contribution in [1.82, 2.24) is 5.32 Å². The van der Waals surface area contributed by atoms with E-state index < -0.39 is 29.0 Å². The first-order valence-electron chi connectivity index (χ1n) is 9.57. The number of nitrogens with one attached hydrogen (secondary N) is 1. The fourth-order valence-corrected chi connectivity index (χ4v) is 3.95. The molecule has 1 N–H and O–H groups in total. The molecule has 1 aromatic carbocycles. The smallest absolute Gasteiger partial charge is 0.416 e. The first kappa shape index (κ1) is 21.1. The van der Waals surface area contributed by atoms with Gasteiger partial charge >= 0.3 is 12.1 Å². The van der Waals surface area contributed by atoms with Gasteiger partial charge in [0.15, 0.2) is 5.78 Å². The molecule has 4 nitrogen and oxygen atoms in total. The summed E-state index contributed by atoms with van der Waals surface area (Å²) in [5.41, 5.74) is 1.05. The van der Waals surface area contributed by atoms with E-state index in [0.29, 0.717) is 29.7 Å². The number of ketones is 1. The number of hydrogen-bond acceptors (Lipinski definition) is 4. The van der Waals surface area contributed by atoms with E-state index in [1.54, 1.807) is 13.8 Å². The quantitative estimate of drug-likeness (QED) is 0.726. The Balaban J connectivity index is 2.17. The predicted molar refractivity (Wildman–Crippen MR) is 102 cm³/mol. The van der Waals surface area contributed by atoms with Gasteiger partial charge in [0.2, 0.25) is 0 Å². The fraction of sp³-hybridized carbons (Fsp3) is 0.455. The van der Waals surface area contributed by atoms with E-state index in [4.69, 9.17) is 4.74 Å². The summed E-state index contributed by atoms with van der Waals surface area (Å²) in [5, 5.41) is 3.17. The van der Waals surface area contributed by atoms with Gasteiger partial charge in [-0.1, -0.05) is 26.0 Å². The zero-order valence-corrected chi connectivity index (χ0v) is 16.9. The number of hydrogen-bond donors (Lipinski definition) is 1. The van der Waals surface area contributed by atoms with Crippen LogP contribution in [0.5, 0.6) is 0 Å². The van der Waals surface area contributed by atoms with Crippen LogP contribution < -0.4 is 5.32 Å². The van der Waals surface area contributed by atoms with Crippen LogP contribution in [0.2, 0.25) is 0 Å². The minimum Gasteiger partial charge on any atom is -0.463 e. The van der Waals surface area contributed by atoms with Crippen molar-refractivity contribution in [3.8, 4) is 0 Å². The van der Waals surface area contributed by atoms with Crippen LogP contribution in [0.4, 0.5) is 13.2 Å². The lowest BCUT2D eigenvalue weighted by molar-refractivity contribution is -0.139. The molecule has 3 rings (SSSR count). The average molecular weight is 407 g/mol. The Morgan fingerprint density at radius 1 is 1.24 bits per heavy atom. The van der Waals surface area contributed by atoms with E-state index in [2.05, 4.69) is 5.32 Å². The third-order valence-corrected chi connectivity index (χ3v) is 5.57. The number of benzene rings is 1. The maximum absolute atomic E-state index is 13.3. The second-order valence-electron chi connectivity index (χ2n) is 8.04. The van der Waals surface area contributed by atoms with E-state index in [0.717, 1.165) is 17.8 Å². The molecule has 156 valence electrons. The number of rotatable bonds is 3. The number of carbonyl (C=O) groups excluding carboxylic acids is 2. The SMILES string of the molecule is CCOC(=O)C1=C(C)NC2=C(C(=O)C(C)(C)CC2)C1c1ccc(C(F)(F)F)cc1. The van der Waals surface area contributed by atoms with Gasteiger partial charge in [0.05, 0.1) is 17.7 Å². The van der Waals surface area contributed by atoms with E-state index in [-0.39, 0.29) is 18.0 Å². The molecule has 1 aliphatic carbocycles. The van der Waals surface area contributed by atoms with Crippen molar-refractivity contribution in [2.75, 3.05) is 6.61 Å². The van der Waals surface area contributed by atoms with Crippen LogP contribution in [0.15, 0.2) is 46.8 Å². The minimum atomic E-state index is -4.46. The highest BCUT2D eigenvalue weighted by Gasteiger charge is 2.45. The number of esters is 1. The van der Waals surface area contributed by atoms with E-state index >= 15 is 0 Å². The van der Waals surface area contributed by atoms with Crippen molar-refractivity contribution in [3.05, 3.63) is 57.9 Å². The summed E-state index contributed by atoms with van der Waals surface area (Å²) in [4.78, 5) is 26.0. The van der Waals surface area contributed by atoms with Gasteiger partial charge < -0.3 is 10.1 Å². The second kappa shape index (κ2) is 7.35. The molecule has 0 saturated heterocycles. The van der Waals surface area contributed by atoms with Crippen LogP contribution in [0.25, 0.3) is 0 Å². The highest BCUT2D eigenvalue weighted by molar-refractivity contribution is 6.06. The van der Waals surface area contributed by atoms with Crippen molar-refractivity contribution in [2.24, 2.45) is 5.41 Å². The van der Waals surface area contributed by atoms with Crippen molar-refractivity contribution < 1.29 is 27.5 Å². The Kier molecular flexibility index (Phi) is 5.36. The Morgan fingerprint density at radius 2 is 1.86 bits per heavy atom. The number of dihydropyridines is 1. The van der Waals surface area contributed by atoms with Gasteiger partial charge in [-0.3, -0.25) is 4.79 Å². The molecule has 1 heterocycles. The molecule has 0 fully saturated rings. The maximum atomic E-state index is 13.3. The molecule has 0 radical (unpaired) electrons. The topological polar surface area (TPSA) is 55.4 Å². The van der Waals surface area contributed by atoms with Crippen molar-refractivity contribution in [3.63, 3.8) is 0 Å². The summed E-state index contributed by atoms with van der Waals surface area (Å²) < 4.78 is 44.2. The molecule has 0 saturated carbocycles. The largest absolute Gasteiger partial charge is 0.463 e. The monoisotopic (exact) mass is 407 g/mol. The standard InChI is InChI=1S/C22H24F3NO3/c1-5-29-20(28)16-12(2)26-15-10-11-21(3,4)19(27)18(15)17(16)13-6-8-14(9-7-13)22(23,24)25/h6-9,17,26H,5,10-11H2,1-4H3. The summed E-state index contributed by atoms with van der Waals surface area (Å²) in [6, 6.07) is 4.64. The number of halogens is 3. The molecule has 0 bridgehead atoms. The lowest BCUT2D eigenvalue weighted by Gasteiger charge is -2.39. The van der Waals surface area contributed by atoms with Gasteiger partial charge in [-0.25, -0.2) is 4.79 Å². The summed E-state index contributed by atoms with van der Waals surface area (Å²) in [6.07, 6.45) is -3.19. The molecular formula is C22H24F3NO3. The van der Waals surface area contributed by atoms with Gasteiger partial charge in [-0.15, -0.1) is 0 Å². The molecule has 1 atom stereocenters. The Morgan fingerprint density at radius 3 is 2.41 bits per heavy atom. The van der Waals surface area contributed by atoms with Crippen molar-refractivity contribution in [1.29, 1.82) is 0 Å². The van der Waals surface area contributed by atoms with Gasteiger partial charge in [-0.05, 0) is 44.4 Å². The van der Waals surface area contributed by atoms with Crippen LogP contribution in [-0.2, 0) is 20.5 Å². The van der Waals surface area contributed by atoms with Gasteiger partial charge in [-0.2, -0.15) is 13.2 Å². The molecule has 1 aromatic rings. The third-order valence-electron chi connectivity index (χ3n) is 5.57. The zero-order chi connectivity index (χ0) is 21.6. The van der Waals surface area contributed by atoms with Crippen LogP contribution in [-0.4, -0.2) is 18.4 Å². The molecule has 1 unspecified atom stereocenters. The molecule has 7 heteroatoms. The van der Waals surface area contributed by atoms with Gasteiger partial charge in [0.1, 0.15) is 0 Å². The lowest BCUT2D eigenvalue weighted by Crippen LogP contribution is -2.40. The highest BCUT2D eigenvalue weighted by Crippen LogP contribution is 2.47. The minimum absolute atomic E-state index is 0.106. The first-order valence-corrected chi connectivity index (χ1v) is 9.57. The molecule has 0 amide bonds. The average Bonchev–Trinajstić information content (AvgIpc) is 2.64. The molecule has 0 aromatic heterocycles. The maximum Gasteiger partial charge on any atom is 0.416 e. The van der Waals surface area contributed by atoms with E-state index in [9.17, 15) is 22.8 Å². The van der Waals surface area contributed by atoms with Crippen LogP contribution in [0.1, 0.15) is 57.6 Å². The number of carbonyl (C=O) groups is 2. The number of Topliss-reactive ketones (excluding diaryl/α,β-unsaturated/α-hetero) is 1. The van der Waals surface area contributed by atoms with Crippen LogP contribution in [0.3, 0.4) is 0 Å². The second-order valence-corrected chi connectivity index (χ2v) is 8.04. The number of alkyl halides is 3. The van der Waals surface area contributed by atoms with Crippen LogP contribution >= 0.6 is 0 Å². The Hall–Kier alpha value is -2.57. The number of allylic oxidation sites excluding steroid dienone is 3. The van der Waals surface area contributed by atoms with Gasteiger partial charge in [0, 0.05) is 28.3 Å². The fourth-order valence-electron chi connectivity index (χ4n) is 3.95.